The zero-order chi connectivity index (χ0) is 37.0. The summed E-state index contributed by atoms with van der Waals surface area (Å²) in [7, 11) is 0. The fraction of sp³-hybridized carbons (Fsp3) is 1.00. The number of ether oxygens (including phenoxy) is 8. The standard InChI is InChI=1S/C27H48O23/c28-1-7(33)6-43-24-19(41)22(13(35)9(3-30)44-24)49-26-18(40)16(38)21(11(5-32)47-26)48-27-20(42)23(14(36)10(4-31)46-27)50-25-17(39)15(37)12(34)8(2-29)45-25/h7-42H,1-6H2/t7-,8-,9-,10-,11-,12-,13+,14-,15+,16-,17+,18-,19-,20+,21+,22+,23+,24+,25-,26+,27-/m1/s1. The van der Waals surface area contributed by atoms with Crippen molar-refractivity contribution in [2.75, 3.05) is 39.6 Å². The minimum Gasteiger partial charge on any atom is -0.394 e. The molecule has 0 radical (unpaired) electrons. The van der Waals surface area contributed by atoms with Crippen LogP contribution in [0.2, 0.25) is 0 Å². The predicted octanol–water partition coefficient (Wildman–Crippen LogP) is -10.4. The van der Waals surface area contributed by atoms with E-state index in [0.717, 1.165) is 0 Å². The van der Waals surface area contributed by atoms with Gasteiger partial charge in [-0.25, -0.2) is 0 Å². The first-order valence-electron chi connectivity index (χ1n) is 15.8. The summed E-state index contributed by atoms with van der Waals surface area (Å²) in [5.41, 5.74) is 0. The third-order valence-electron chi connectivity index (χ3n) is 8.85. The van der Waals surface area contributed by atoms with Crippen LogP contribution in [0, 0.1) is 0 Å². The van der Waals surface area contributed by atoms with Crippen LogP contribution in [0.15, 0.2) is 0 Å². The van der Waals surface area contributed by atoms with Gasteiger partial charge in [-0.3, -0.25) is 0 Å². The molecule has 50 heavy (non-hydrogen) atoms. The molecule has 0 aromatic heterocycles. The lowest BCUT2D eigenvalue weighted by molar-refractivity contribution is -0.389. The molecule has 0 aliphatic carbocycles. The lowest BCUT2D eigenvalue weighted by Gasteiger charge is -2.49. The molecule has 4 saturated heterocycles. The molecule has 0 aromatic carbocycles. The first-order chi connectivity index (χ1) is 23.7. The number of aliphatic hydroxyl groups is 15. The normalized spacial score (nSPS) is 49.5. The van der Waals surface area contributed by atoms with Gasteiger partial charge in [0.1, 0.15) is 104 Å². The van der Waals surface area contributed by atoms with Crippen LogP contribution in [0.25, 0.3) is 0 Å². The summed E-state index contributed by atoms with van der Waals surface area (Å²) in [5.74, 6) is 0. The summed E-state index contributed by atoms with van der Waals surface area (Å²) in [6.45, 7) is -4.71. The van der Waals surface area contributed by atoms with Gasteiger partial charge in [-0.05, 0) is 0 Å². The maximum Gasteiger partial charge on any atom is 0.187 e. The smallest absolute Gasteiger partial charge is 0.187 e. The third-order valence-corrected chi connectivity index (χ3v) is 8.85. The molecule has 4 aliphatic heterocycles. The number of hydrogen-bond acceptors (Lipinski definition) is 23. The molecule has 4 heterocycles. The zero-order valence-electron chi connectivity index (χ0n) is 26.3. The minimum absolute atomic E-state index is 0.538. The van der Waals surface area contributed by atoms with Crippen LogP contribution >= 0.6 is 0 Å². The van der Waals surface area contributed by atoms with Crippen molar-refractivity contribution in [2.24, 2.45) is 0 Å². The summed E-state index contributed by atoms with van der Waals surface area (Å²) >= 11 is 0. The molecule has 0 saturated carbocycles. The quantitative estimate of drug-likeness (QED) is 0.0786. The topological polar surface area (TPSA) is 377 Å². The van der Waals surface area contributed by atoms with E-state index in [1.165, 1.54) is 0 Å². The first kappa shape index (κ1) is 41.8. The minimum atomic E-state index is -2.07. The summed E-state index contributed by atoms with van der Waals surface area (Å²) < 4.78 is 43.5. The molecule has 4 rings (SSSR count). The van der Waals surface area contributed by atoms with Crippen LogP contribution in [-0.4, -0.2) is 245 Å². The summed E-state index contributed by atoms with van der Waals surface area (Å²) in [5, 5.41) is 153. The molecule has 0 bridgehead atoms. The first-order valence-corrected chi connectivity index (χ1v) is 15.8. The van der Waals surface area contributed by atoms with Crippen molar-refractivity contribution in [3.8, 4) is 0 Å². The Balaban J connectivity index is 1.47. The van der Waals surface area contributed by atoms with Gasteiger partial charge < -0.3 is 114 Å². The molecule has 23 heteroatoms. The van der Waals surface area contributed by atoms with E-state index in [9.17, 15) is 71.5 Å². The van der Waals surface area contributed by atoms with Crippen molar-refractivity contribution in [1.82, 2.24) is 0 Å². The Morgan fingerprint density at radius 1 is 0.400 bits per heavy atom. The van der Waals surface area contributed by atoms with Gasteiger partial charge in [0.05, 0.1) is 39.6 Å². The molecule has 294 valence electrons. The van der Waals surface area contributed by atoms with E-state index in [1.807, 2.05) is 0 Å². The second-order valence-electron chi connectivity index (χ2n) is 12.3. The third kappa shape index (κ3) is 8.88. The van der Waals surface area contributed by atoms with Crippen LogP contribution in [0.4, 0.5) is 0 Å². The SMILES string of the molecule is OC[C@@H](O)CO[C@H]1O[C@H](CO)[C@H](O)[C@H](O[C@@H]2O[C@H](CO)[C@H](O[C@H]3O[C@H](CO)[C@@H](O)[C@H](O[C@H]4O[C@H](CO)[C@@H](O)[C@H](O)[C@@H]4O)[C@@H]3O)[C@H](O)[C@H]2O)[C@H]1O. The Morgan fingerprint density at radius 3 is 1.26 bits per heavy atom. The molecule has 0 spiro atoms. The van der Waals surface area contributed by atoms with E-state index >= 15 is 0 Å². The molecule has 15 N–H and O–H groups in total. The molecule has 4 aliphatic rings. The molecule has 0 amide bonds. The molecule has 0 unspecified atom stereocenters. The maximum atomic E-state index is 11.1. The van der Waals surface area contributed by atoms with Crippen LogP contribution in [0.3, 0.4) is 0 Å². The van der Waals surface area contributed by atoms with Gasteiger partial charge in [-0.2, -0.15) is 0 Å². The van der Waals surface area contributed by atoms with E-state index in [-0.39, 0.29) is 0 Å². The number of aliphatic hydroxyl groups excluding tert-OH is 15. The van der Waals surface area contributed by atoms with E-state index in [0.29, 0.717) is 0 Å². The zero-order valence-corrected chi connectivity index (χ0v) is 26.3. The Labute approximate surface area is 283 Å². The lowest BCUT2D eigenvalue weighted by atomic mass is 9.95. The molecule has 0 aromatic rings. The van der Waals surface area contributed by atoms with Gasteiger partial charge >= 0.3 is 0 Å². The highest BCUT2D eigenvalue weighted by Gasteiger charge is 2.55. The van der Waals surface area contributed by atoms with E-state index in [4.69, 9.17) is 43.0 Å². The van der Waals surface area contributed by atoms with Crippen molar-refractivity contribution >= 4 is 0 Å². The van der Waals surface area contributed by atoms with Crippen LogP contribution in [-0.2, 0) is 37.9 Å². The monoisotopic (exact) mass is 740 g/mol. The Bertz CT molecular complexity index is 1010. The van der Waals surface area contributed by atoms with Crippen molar-refractivity contribution in [1.29, 1.82) is 0 Å². The Kier molecular flexibility index (Phi) is 15.4. The maximum absolute atomic E-state index is 11.1. The molecule has 4 fully saturated rings. The largest absolute Gasteiger partial charge is 0.394 e. The second-order valence-corrected chi connectivity index (χ2v) is 12.3. The van der Waals surface area contributed by atoms with Crippen molar-refractivity contribution in [3.05, 3.63) is 0 Å². The summed E-state index contributed by atoms with van der Waals surface area (Å²) in [6, 6.07) is 0. The average Bonchev–Trinajstić information content (AvgIpc) is 3.11. The van der Waals surface area contributed by atoms with Gasteiger partial charge in [-0.1, -0.05) is 0 Å². The van der Waals surface area contributed by atoms with E-state index in [2.05, 4.69) is 0 Å². The van der Waals surface area contributed by atoms with E-state index in [1.54, 1.807) is 0 Å². The van der Waals surface area contributed by atoms with Gasteiger partial charge in [0.25, 0.3) is 0 Å². The van der Waals surface area contributed by atoms with Crippen molar-refractivity contribution < 1.29 is 114 Å². The van der Waals surface area contributed by atoms with E-state index < -0.39 is 169 Å². The average molecular weight is 741 g/mol. The highest BCUT2D eigenvalue weighted by Crippen LogP contribution is 2.34. The summed E-state index contributed by atoms with van der Waals surface area (Å²) in [6.07, 6.45) is -37.2. The van der Waals surface area contributed by atoms with Gasteiger partial charge in [0.15, 0.2) is 25.2 Å². The molecular formula is C27H48O23. The van der Waals surface area contributed by atoms with Crippen LogP contribution in [0.5, 0.6) is 0 Å². The fourth-order valence-corrected chi connectivity index (χ4v) is 5.91. The van der Waals surface area contributed by atoms with Crippen molar-refractivity contribution in [3.63, 3.8) is 0 Å². The number of rotatable bonds is 14. The van der Waals surface area contributed by atoms with Crippen LogP contribution in [0.1, 0.15) is 0 Å². The molecule has 23 nitrogen and oxygen atoms in total. The number of hydrogen-bond donors (Lipinski definition) is 15. The van der Waals surface area contributed by atoms with Gasteiger partial charge in [0, 0.05) is 0 Å². The molecular weight excluding hydrogens is 692 g/mol. The predicted molar refractivity (Wildman–Crippen MR) is 151 cm³/mol. The second kappa shape index (κ2) is 18.4. The lowest BCUT2D eigenvalue weighted by Crippen LogP contribution is -2.67. The highest BCUT2D eigenvalue weighted by atomic mass is 16.8. The molecule has 21 atom stereocenters. The summed E-state index contributed by atoms with van der Waals surface area (Å²) in [4.78, 5) is 0. The fourth-order valence-electron chi connectivity index (χ4n) is 5.91. The Hall–Kier alpha value is -0.920. The van der Waals surface area contributed by atoms with Gasteiger partial charge in [0.2, 0.25) is 0 Å². The Morgan fingerprint density at radius 2 is 0.780 bits per heavy atom. The van der Waals surface area contributed by atoms with Gasteiger partial charge in [-0.15, -0.1) is 0 Å². The van der Waals surface area contributed by atoms with Crippen molar-refractivity contribution in [2.45, 2.75) is 129 Å². The highest BCUT2D eigenvalue weighted by molar-refractivity contribution is 4.98. The van der Waals surface area contributed by atoms with Crippen LogP contribution < -0.4 is 0 Å².